The highest BCUT2D eigenvalue weighted by atomic mass is 19.1. The lowest BCUT2D eigenvalue weighted by atomic mass is 10.0. The highest BCUT2D eigenvalue weighted by Crippen LogP contribution is 2.27. The second-order valence-electron chi connectivity index (χ2n) is 3.28. The Morgan fingerprint density at radius 3 is 2.60 bits per heavy atom. The van der Waals surface area contributed by atoms with Gasteiger partial charge >= 0.3 is 0 Å². The van der Waals surface area contributed by atoms with Gasteiger partial charge in [0, 0.05) is 5.56 Å². The van der Waals surface area contributed by atoms with E-state index in [1.54, 1.807) is 13.0 Å². The Morgan fingerprint density at radius 2 is 2.07 bits per heavy atom. The largest absolute Gasteiger partial charge is 0.494 e. The average molecular weight is 214 g/mol. The Labute approximate surface area is 88.1 Å². The SMILES string of the molecule is CCC(O)C(O)c1cccc(OC)c1F. The highest BCUT2D eigenvalue weighted by molar-refractivity contribution is 5.32. The fourth-order valence-electron chi connectivity index (χ4n) is 1.34. The average Bonchev–Trinajstić information content (AvgIpc) is 2.27. The first kappa shape index (κ1) is 11.9. The topological polar surface area (TPSA) is 49.7 Å². The zero-order valence-electron chi connectivity index (χ0n) is 8.77. The van der Waals surface area contributed by atoms with E-state index in [-0.39, 0.29) is 11.3 Å². The van der Waals surface area contributed by atoms with Crippen molar-refractivity contribution < 1.29 is 19.3 Å². The zero-order valence-corrected chi connectivity index (χ0v) is 8.77. The van der Waals surface area contributed by atoms with E-state index in [0.717, 1.165) is 0 Å². The Balaban J connectivity index is 3.03. The summed E-state index contributed by atoms with van der Waals surface area (Å²) in [6.45, 7) is 1.71. The molecular weight excluding hydrogens is 199 g/mol. The van der Waals surface area contributed by atoms with Gasteiger partial charge in [0.25, 0.3) is 0 Å². The van der Waals surface area contributed by atoms with Crippen LogP contribution in [-0.4, -0.2) is 23.4 Å². The van der Waals surface area contributed by atoms with Gasteiger partial charge in [0.2, 0.25) is 0 Å². The molecule has 0 spiro atoms. The highest BCUT2D eigenvalue weighted by Gasteiger charge is 2.21. The second-order valence-corrected chi connectivity index (χ2v) is 3.28. The molecule has 0 aromatic heterocycles. The van der Waals surface area contributed by atoms with E-state index in [0.29, 0.717) is 6.42 Å². The third kappa shape index (κ3) is 2.46. The molecular formula is C11H15FO3. The lowest BCUT2D eigenvalue weighted by Crippen LogP contribution is -2.18. The number of benzene rings is 1. The maximum absolute atomic E-state index is 13.6. The summed E-state index contributed by atoms with van der Waals surface area (Å²) in [6.07, 6.45) is -1.82. The molecule has 2 N–H and O–H groups in total. The second kappa shape index (κ2) is 5.09. The molecule has 2 unspecified atom stereocenters. The summed E-state index contributed by atoms with van der Waals surface area (Å²) in [5, 5.41) is 19.1. The molecule has 0 aliphatic heterocycles. The number of aliphatic hydroxyl groups is 2. The third-order valence-electron chi connectivity index (χ3n) is 2.31. The number of methoxy groups -OCH3 is 1. The number of hydrogen-bond donors (Lipinski definition) is 2. The number of halogens is 1. The fourth-order valence-corrected chi connectivity index (χ4v) is 1.34. The molecule has 0 aliphatic carbocycles. The molecule has 84 valence electrons. The summed E-state index contributed by atoms with van der Waals surface area (Å²) >= 11 is 0. The van der Waals surface area contributed by atoms with Crippen LogP contribution < -0.4 is 4.74 Å². The van der Waals surface area contributed by atoms with Gasteiger partial charge in [0.15, 0.2) is 11.6 Å². The molecule has 3 nitrogen and oxygen atoms in total. The van der Waals surface area contributed by atoms with Gasteiger partial charge in [-0.1, -0.05) is 19.1 Å². The maximum atomic E-state index is 13.6. The van der Waals surface area contributed by atoms with Crippen LogP contribution in [0.15, 0.2) is 18.2 Å². The third-order valence-corrected chi connectivity index (χ3v) is 2.31. The first-order valence-electron chi connectivity index (χ1n) is 4.80. The van der Waals surface area contributed by atoms with Crippen molar-refractivity contribution in [3.05, 3.63) is 29.6 Å². The standard InChI is InChI=1S/C11H15FO3/c1-3-8(13)11(14)7-5-4-6-9(15-2)10(7)12/h4-6,8,11,13-14H,3H2,1-2H3. The summed E-state index contributed by atoms with van der Waals surface area (Å²) in [5.74, 6) is -0.560. The minimum absolute atomic E-state index is 0.0590. The van der Waals surface area contributed by atoms with Crippen molar-refractivity contribution in [1.29, 1.82) is 0 Å². The molecule has 1 aromatic rings. The molecule has 0 heterocycles. The van der Waals surface area contributed by atoms with Crippen molar-refractivity contribution >= 4 is 0 Å². The van der Waals surface area contributed by atoms with E-state index in [1.807, 2.05) is 0 Å². The van der Waals surface area contributed by atoms with Crippen molar-refractivity contribution in [2.24, 2.45) is 0 Å². The van der Waals surface area contributed by atoms with E-state index in [1.165, 1.54) is 19.2 Å². The number of aliphatic hydroxyl groups excluding tert-OH is 2. The van der Waals surface area contributed by atoms with Crippen LogP contribution in [0.4, 0.5) is 4.39 Å². The summed E-state index contributed by atoms with van der Waals surface area (Å²) in [7, 11) is 1.35. The van der Waals surface area contributed by atoms with Crippen molar-refractivity contribution in [2.45, 2.75) is 25.6 Å². The van der Waals surface area contributed by atoms with Gasteiger partial charge in [-0.15, -0.1) is 0 Å². The van der Waals surface area contributed by atoms with Crippen LogP contribution in [0, 0.1) is 5.82 Å². The molecule has 0 bridgehead atoms. The summed E-state index contributed by atoms with van der Waals surface area (Å²) in [4.78, 5) is 0. The zero-order chi connectivity index (χ0) is 11.4. The molecule has 0 radical (unpaired) electrons. The number of rotatable bonds is 4. The van der Waals surface area contributed by atoms with Crippen LogP contribution in [0.3, 0.4) is 0 Å². The van der Waals surface area contributed by atoms with E-state index in [9.17, 15) is 14.6 Å². The van der Waals surface area contributed by atoms with Crippen LogP contribution in [0.2, 0.25) is 0 Å². The molecule has 0 amide bonds. The van der Waals surface area contributed by atoms with Gasteiger partial charge < -0.3 is 14.9 Å². The lowest BCUT2D eigenvalue weighted by Gasteiger charge is -2.17. The van der Waals surface area contributed by atoms with Crippen LogP contribution in [-0.2, 0) is 0 Å². The molecule has 1 rings (SSSR count). The van der Waals surface area contributed by atoms with Crippen LogP contribution in [0.25, 0.3) is 0 Å². The predicted molar refractivity (Wildman–Crippen MR) is 54.2 cm³/mol. The quantitative estimate of drug-likeness (QED) is 0.801. The normalized spacial score (nSPS) is 14.7. The monoisotopic (exact) mass is 214 g/mol. The van der Waals surface area contributed by atoms with E-state index >= 15 is 0 Å². The fraction of sp³-hybridized carbons (Fsp3) is 0.455. The van der Waals surface area contributed by atoms with Gasteiger partial charge in [0.1, 0.15) is 6.10 Å². The van der Waals surface area contributed by atoms with Crippen molar-refractivity contribution in [3.8, 4) is 5.75 Å². The molecule has 2 atom stereocenters. The molecule has 0 fully saturated rings. The Morgan fingerprint density at radius 1 is 1.40 bits per heavy atom. The van der Waals surface area contributed by atoms with Gasteiger partial charge in [-0.05, 0) is 12.5 Å². The van der Waals surface area contributed by atoms with Crippen LogP contribution in [0.1, 0.15) is 25.0 Å². The molecule has 0 saturated heterocycles. The first-order chi connectivity index (χ1) is 7.11. The lowest BCUT2D eigenvalue weighted by molar-refractivity contribution is 0.0142. The molecule has 4 heteroatoms. The van der Waals surface area contributed by atoms with Crippen LogP contribution in [0.5, 0.6) is 5.75 Å². The summed E-state index contributed by atoms with van der Waals surface area (Å²) in [5.41, 5.74) is 0.0590. The number of hydrogen-bond acceptors (Lipinski definition) is 3. The van der Waals surface area contributed by atoms with Gasteiger partial charge in [-0.2, -0.15) is 0 Å². The molecule has 1 aromatic carbocycles. The van der Waals surface area contributed by atoms with Crippen molar-refractivity contribution in [3.63, 3.8) is 0 Å². The minimum atomic E-state index is -1.22. The van der Waals surface area contributed by atoms with E-state index in [2.05, 4.69) is 0 Å². The maximum Gasteiger partial charge on any atom is 0.170 e. The van der Waals surface area contributed by atoms with Crippen LogP contribution >= 0.6 is 0 Å². The molecule has 0 saturated carbocycles. The van der Waals surface area contributed by atoms with Crippen molar-refractivity contribution in [2.75, 3.05) is 7.11 Å². The summed E-state index contributed by atoms with van der Waals surface area (Å²) < 4.78 is 18.4. The minimum Gasteiger partial charge on any atom is -0.494 e. The molecule has 0 aliphatic rings. The van der Waals surface area contributed by atoms with Crippen molar-refractivity contribution in [1.82, 2.24) is 0 Å². The van der Waals surface area contributed by atoms with E-state index < -0.39 is 18.0 Å². The predicted octanol–water partition coefficient (Wildman–Crippen LogP) is 1.64. The first-order valence-corrected chi connectivity index (χ1v) is 4.80. The number of ether oxygens (including phenoxy) is 1. The smallest absolute Gasteiger partial charge is 0.170 e. The van der Waals surface area contributed by atoms with E-state index in [4.69, 9.17) is 4.74 Å². The molecule has 15 heavy (non-hydrogen) atoms. The summed E-state index contributed by atoms with van der Waals surface area (Å²) in [6, 6.07) is 4.47. The van der Waals surface area contributed by atoms with Gasteiger partial charge in [-0.3, -0.25) is 0 Å². The van der Waals surface area contributed by atoms with Gasteiger partial charge in [0.05, 0.1) is 13.2 Å². The Kier molecular flexibility index (Phi) is 4.05. The Hall–Kier alpha value is -1.13. The Bertz CT molecular complexity index is 328. The van der Waals surface area contributed by atoms with Gasteiger partial charge in [-0.25, -0.2) is 4.39 Å².